The van der Waals surface area contributed by atoms with E-state index >= 15 is 0 Å². The highest BCUT2D eigenvalue weighted by Crippen LogP contribution is 2.10. The lowest BCUT2D eigenvalue weighted by Crippen LogP contribution is -2.07. The molecule has 0 spiro atoms. The van der Waals surface area contributed by atoms with Gasteiger partial charge in [-0.1, -0.05) is 49.6 Å². The molecule has 152 valence electrons. The molecule has 0 amide bonds. The fourth-order valence-corrected chi connectivity index (χ4v) is 1.37. The Bertz CT molecular complexity index is 645. The van der Waals surface area contributed by atoms with E-state index in [-0.39, 0.29) is 11.9 Å². The Morgan fingerprint density at radius 1 is 0.643 bits per heavy atom. The van der Waals surface area contributed by atoms with Crippen LogP contribution >= 0.6 is 0 Å². The molecule has 0 radical (unpaired) electrons. The van der Waals surface area contributed by atoms with Crippen LogP contribution in [0.3, 0.4) is 0 Å². The van der Waals surface area contributed by atoms with Crippen molar-refractivity contribution < 1.29 is 29.3 Å². The fourth-order valence-electron chi connectivity index (χ4n) is 1.37. The Kier molecular flexibility index (Phi) is 16.6. The van der Waals surface area contributed by atoms with Gasteiger partial charge in [-0.15, -0.1) is 0 Å². The van der Waals surface area contributed by atoms with Gasteiger partial charge in [0.1, 0.15) is 11.5 Å². The van der Waals surface area contributed by atoms with E-state index in [0.717, 1.165) is 14.2 Å². The van der Waals surface area contributed by atoms with Gasteiger partial charge >= 0.3 is 11.9 Å². The average molecular weight is 388 g/mol. The smallest absolute Gasteiger partial charge is 0.338 e. The van der Waals surface area contributed by atoms with E-state index in [1.54, 1.807) is 62.4 Å². The first-order chi connectivity index (χ1) is 13.4. The largest absolute Gasteiger partial charge is 0.423 e. The molecule has 0 unspecified atom stereocenters. The first-order valence-electron chi connectivity index (χ1n) is 8.15. The summed E-state index contributed by atoms with van der Waals surface area (Å²) in [6, 6.07) is 17.8. The zero-order valence-electron chi connectivity index (χ0n) is 16.7. The van der Waals surface area contributed by atoms with Gasteiger partial charge in [-0.2, -0.15) is 0 Å². The molecule has 0 saturated carbocycles. The third-order valence-electron chi connectivity index (χ3n) is 2.60. The van der Waals surface area contributed by atoms with E-state index in [1.165, 1.54) is 0 Å². The summed E-state index contributed by atoms with van der Waals surface area (Å²) in [5, 5.41) is 14.0. The van der Waals surface area contributed by atoms with Crippen LogP contribution in [0, 0.1) is 0 Å². The van der Waals surface area contributed by atoms with E-state index in [1.807, 2.05) is 12.1 Å². The van der Waals surface area contributed by atoms with Crippen molar-refractivity contribution in [2.24, 2.45) is 0 Å². The predicted molar refractivity (Wildman–Crippen MR) is 110 cm³/mol. The van der Waals surface area contributed by atoms with Crippen molar-refractivity contribution in [1.82, 2.24) is 0 Å². The minimum Gasteiger partial charge on any atom is -0.423 e. The number of para-hydroxylation sites is 2. The second kappa shape index (κ2) is 17.2. The Morgan fingerprint density at radius 2 is 0.893 bits per heavy atom. The highest BCUT2D eigenvalue weighted by molar-refractivity contribution is 5.89. The average Bonchev–Trinajstić information content (AvgIpc) is 2.73. The summed E-state index contributed by atoms with van der Waals surface area (Å²) in [6.45, 7) is 10.2. The summed E-state index contributed by atoms with van der Waals surface area (Å²) in [7, 11) is 2.00. The molecule has 2 N–H and O–H groups in total. The number of aliphatic hydroxyl groups excluding tert-OH is 2. The monoisotopic (exact) mass is 388 g/mol. The number of benzene rings is 2. The van der Waals surface area contributed by atoms with Crippen LogP contribution in [0.15, 0.2) is 85.0 Å². The third kappa shape index (κ3) is 13.0. The van der Waals surface area contributed by atoms with Gasteiger partial charge in [0, 0.05) is 25.4 Å². The Morgan fingerprint density at radius 3 is 1.11 bits per heavy atom. The molecule has 0 fully saturated rings. The lowest BCUT2D eigenvalue weighted by molar-refractivity contribution is -0.130. The second-order valence-electron chi connectivity index (χ2n) is 4.97. The van der Waals surface area contributed by atoms with Gasteiger partial charge in [0.15, 0.2) is 0 Å². The van der Waals surface area contributed by atoms with E-state index < -0.39 is 0 Å². The summed E-state index contributed by atoms with van der Waals surface area (Å²) in [5.74, 6) is 0.318. The molecule has 0 atom stereocenters. The molecule has 2 rings (SSSR count). The van der Waals surface area contributed by atoms with Crippen molar-refractivity contribution in [3.8, 4) is 11.5 Å². The number of carbonyl (C=O) groups excluding carboxylic acids is 2. The Balaban J connectivity index is 0. The lowest BCUT2D eigenvalue weighted by Gasteiger charge is -2.01. The highest BCUT2D eigenvalue weighted by atomic mass is 16.5. The summed E-state index contributed by atoms with van der Waals surface area (Å²) in [6.07, 6.45) is 0. The van der Waals surface area contributed by atoms with Gasteiger partial charge < -0.3 is 19.7 Å². The van der Waals surface area contributed by atoms with E-state index in [2.05, 4.69) is 13.2 Å². The number of rotatable bonds is 4. The molecule has 28 heavy (non-hydrogen) atoms. The van der Waals surface area contributed by atoms with Crippen LogP contribution in [0.2, 0.25) is 0 Å². The van der Waals surface area contributed by atoms with Crippen molar-refractivity contribution in [3.05, 3.63) is 85.0 Å². The van der Waals surface area contributed by atoms with E-state index in [0.29, 0.717) is 22.6 Å². The summed E-state index contributed by atoms with van der Waals surface area (Å²) >= 11 is 0. The molecule has 2 aromatic rings. The molecular weight excluding hydrogens is 360 g/mol. The van der Waals surface area contributed by atoms with Gasteiger partial charge in [0.05, 0.1) is 0 Å². The van der Waals surface area contributed by atoms with Gasteiger partial charge in [-0.3, -0.25) is 0 Å². The van der Waals surface area contributed by atoms with Crippen LogP contribution in [0.5, 0.6) is 11.5 Å². The Hall–Kier alpha value is -3.22. The van der Waals surface area contributed by atoms with Gasteiger partial charge in [0.2, 0.25) is 0 Å². The number of hydrogen-bond donors (Lipinski definition) is 2. The summed E-state index contributed by atoms with van der Waals surface area (Å²) < 4.78 is 9.87. The van der Waals surface area contributed by atoms with E-state index in [4.69, 9.17) is 19.7 Å². The molecule has 0 aliphatic rings. The van der Waals surface area contributed by atoms with Gasteiger partial charge in [0.25, 0.3) is 0 Å². The van der Waals surface area contributed by atoms with Gasteiger partial charge in [-0.05, 0) is 38.1 Å². The van der Waals surface area contributed by atoms with Crippen molar-refractivity contribution in [2.45, 2.75) is 13.8 Å². The first-order valence-corrected chi connectivity index (χ1v) is 8.15. The van der Waals surface area contributed by atoms with E-state index in [9.17, 15) is 9.59 Å². The minimum absolute atomic E-state index is 0.388. The van der Waals surface area contributed by atoms with Crippen LogP contribution < -0.4 is 9.47 Å². The molecule has 6 nitrogen and oxygen atoms in total. The van der Waals surface area contributed by atoms with Crippen molar-refractivity contribution in [2.75, 3.05) is 14.2 Å². The quantitative estimate of drug-likeness (QED) is 0.473. The predicted octanol–water partition coefficient (Wildman–Crippen LogP) is 3.55. The van der Waals surface area contributed by atoms with Crippen LogP contribution in [0.4, 0.5) is 0 Å². The zero-order valence-corrected chi connectivity index (χ0v) is 16.7. The van der Waals surface area contributed by atoms with Crippen molar-refractivity contribution >= 4 is 11.9 Å². The topological polar surface area (TPSA) is 93.1 Å². The molecule has 0 bridgehead atoms. The van der Waals surface area contributed by atoms with Crippen LogP contribution in [0.1, 0.15) is 13.8 Å². The molecule has 2 aromatic carbocycles. The molecule has 0 heterocycles. The third-order valence-corrected chi connectivity index (χ3v) is 2.60. The SMILES string of the molecule is C=C(C)C(=O)Oc1ccccc1.C=C(C)C(=O)Oc1ccccc1.CO.CO. The van der Waals surface area contributed by atoms with Crippen molar-refractivity contribution in [1.29, 1.82) is 0 Å². The molecular formula is C22H28O6. The van der Waals surface area contributed by atoms with Crippen LogP contribution in [-0.2, 0) is 9.59 Å². The Labute approximate surface area is 166 Å². The second-order valence-corrected chi connectivity index (χ2v) is 4.97. The number of carbonyl (C=O) groups is 2. The molecule has 0 saturated heterocycles. The molecule has 0 aliphatic carbocycles. The molecule has 0 aliphatic heterocycles. The standard InChI is InChI=1S/2C10H10O2.2CH4O/c2*1-8(2)10(11)12-9-6-4-3-5-7-9;2*1-2/h2*3-7H,1H2,2H3;2*2H,1H3. The number of esters is 2. The highest BCUT2D eigenvalue weighted by Gasteiger charge is 2.04. The maximum Gasteiger partial charge on any atom is 0.338 e. The summed E-state index contributed by atoms with van der Waals surface area (Å²) in [4.78, 5) is 22.0. The maximum atomic E-state index is 11.0. The van der Waals surface area contributed by atoms with Crippen LogP contribution in [-0.4, -0.2) is 36.4 Å². The molecule has 0 aromatic heterocycles. The normalized spacial score (nSPS) is 8.21. The fraction of sp³-hybridized carbons (Fsp3) is 0.182. The maximum absolute atomic E-state index is 11.0. The molecule has 6 heteroatoms. The zero-order chi connectivity index (χ0) is 21.9. The number of aliphatic hydroxyl groups is 2. The lowest BCUT2D eigenvalue weighted by atomic mass is 10.3. The number of ether oxygens (including phenoxy) is 2. The van der Waals surface area contributed by atoms with Crippen molar-refractivity contribution in [3.63, 3.8) is 0 Å². The number of hydrogen-bond acceptors (Lipinski definition) is 6. The van der Waals surface area contributed by atoms with Gasteiger partial charge in [-0.25, -0.2) is 9.59 Å². The van der Waals surface area contributed by atoms with Crippen LogP contribution in [0.25, 0.3) is 0 Å². The first kappa shape index (κ1) is 27.0. The minimum atomic E-state index is -0.388. The summed E-state index contributed by atoms with van der Waals surface area (Å²) in [5.41, 5.74) is 0.803.